The van der Waals surface area contributed by atoms with E-state index in [1.807, 2.05) is 25.7 Å². The highest BCUT2D eigenvalue weighted by Gasteiger charge is 2.34. The zero-order valence-corrected chi connectivity index (χ0v) is 11.8. The van der Waals surface area contributed by atoms with Crippen LogP contribution in [0.5, 0.6) is 0 Å². The fraction of sp³-hybridized carbons (Fsp3) is 0.923. The Bertz CT molecular complexity index is 275. The molecule has 0 aliphatic carbocycles. The summed E-state index contributed by atoms with van der Waals surface area (Å²) in [5, 5.41) is 9.72. The number of carbonyl (C=O) groups is 1. The first kappa shape index (κ1) is 15.4. The molecule has 0 aromatic heterocycles. The summed E-state index contributed by atoms with van der Waals surface area (Å²) in [6.07, 6.45) is 1.20. The van der Waals surface area contributed by atoms with Gasteiger partial charge < -0.3 is 14.6 Å². The molecule has 2 atom stereocenters. The van der Waals surface area contributed by atoms with Gasteiger partial charge in [0.15, 0.2) is 0 Å². The first-order valence-electron chi connectivity index (χ1n) is 6.47. The second-order valence-electron chi connectivity index (χ2n) is 5.80. The Labute approximate surface area is 109 Å². The predicted molar refractivity (Wildman–Crippen MR) is 68.3 cm³/mol. The van der Waals surface area contributed by atoms with Crippen molar-refractivity contribution in [1.29, 1.82) is 0 Å². The maximum absolute atomic E-state index is 12.0. The molecular weight excluding hydrogens is 234 g/mol. The zero-order valence-electron chi connectivity index (χ0n) is 11.8. The van der Waals surface area contributed by atoms with Crippen LogP contribution < -0.4 is 0 Å². The second kappa shape index (κ2) is 6.50. The van der Waals surface area contributed by atoms with Crippen LogP contribution >= 0.6 is 0 Å². The number of nitrogens with zero attached hydrogens (tertiary/aromatic N) is 1. The van der Waals surface area contributed by atoms with Crippen molar-refractivity contribution in [1.82, 2.24) is 4.90 Å². The molecule has 1 rings (SSSR count). The summed E-state index contributed by atoms with van der Waals surface area (Å²) in [6.45, 7) is 7.16. The lowest BCUT2D eigenvalue weighted by Gasteiger charge is -2.28. The highest BCUT2D eigenvalue weighted by molar-refractivity contribution is 5.76. The van der Waals surface area contributed by atoms with E-state index >= 15 is 0 Å². The van der Waals surface area contributed by atoms with Gasteiger partial charge in [-0.05, 0) is 40.2 Å². The van der Waals surface area contributed by atoms with E-state index in [4.69, 9.17) is 9.47 Å². The van der Waals surface area contributed by atoms with Crippen molar-refractivity contribution in [3.05, 3.63) is 0 Å². The lowest BCUT2D eigenvalue weighted by molar-refractivity contribution is -0.160. The van der Waals surface area contributed by atoms with Gasteiger partial charge in [-0.3, -0.25) is 9.69 Å². The molecule has 1 unspecified atom stereocenters. The number of aliphatic hydroxyl groups excluding tert-OH is 1. The summed E-state index contributed by atoms with van der Waals surface area (Å²) in [4.78, 5) is 14.0. The van der Waals surface area contributed by atoms with Crippen LogP contribution in [0.2, 0.25) is 0 Å². The van der Waals surface area contributed by atoms with E-state index in [0.29, 0.717) is 6.54 Å². The van der Waals surface area contributed by atoms with E-state index in [2.05, 4.69) is 0 Å². The Morgan fingerprint density at radius 1 is 1.50 bits per heavy atom. The number of likely N-dealkylation sites (tertiary alicyclic amines) is 1. The van der Waals surface area contributed by atoms with E-state index in [1.54, 1.807) is 7.11 Å². The molecule has 0 amide bonds. The summed E-state index contributed by atoms with van der Waals surface area (Å²) in [5.41, 5.74) is -0.462. The Kier molecular flexibility index (Phi) is 5.56. The minimum atomic E-state index is -0.557. The van der Waals surface area contributed by atoms with Gasteiger partial charge in [0.25, 0.3) is 0 Å². The number of ether oxygens (including phenoxy) is 2. The van der Waals surface area contributed by atoms with Gasteiger partial charge >= 0.3 is 5.97 Å². The molecule has 1 saturated heterocycles. The lowest BCUT2D eigenvalue weighted by atomic mass is 10.1. The van der Waals surface area contributed by atoms with Crippen LogP contribution in [0.3, 0.4) is 0 Å². The number of esters is 1. The van der Waals surface area contributed by atoms with Crippen LogP contribution in [0.4, 0.5) is 0 Å². The Morgan fingerprint density at radius 2 is 2.17 bits per heavy atom. The second-order valence-corrected chi connectivity index (χ2v) is 5.80. The van der Waals surface area contributed by atoms with Crippen LogP contribution in [-0.4, -0.2) is 60.5 Å². The molecular formula is C13H25NO4. The summed E-state index contributed by atoms with van der Waals surface area (Å²) in [6, 6.07) is -0.226. The first-order chi connectivity index (χ1) is 8.33. The highest BCUT2D eigenvalue weighted by Crippen LogP contribution is 2.21. The minimum Gasteiger partial charge on any atom is -0.459 e. The number of methoxy groups -OCH3 is 1. The van der Waals surface area contributed by atoms with Gasteiger partial charge in [-0.2, -0.15) is 0 Å². The molecule has 18 heavy (non-hydrogen) atoms. The number of carbonyl (C=O) groups excluding carboxylic acids is 1. The van der Waals surface area contributed by atoms with Crippen molar-refractivity contribution in [3.8, 4) is 0 Å². The topological polar surface area (TPSA) is 59.0 Å². The maximum atomic E-state index is 12.0. The SMILES string of the molecule is COCC(O)CN1CCC[C@H]1C(=O)OC(C)(C)C. The summed E-state index contributed by atoms with van der Waals surface area (Å²) in [7, 11) is 1.55. The van der Waals surface area contributed by atoms with Crippen molar-refractivity contribution >= 4 is 5.97 Å². The maximum Gasteiger partial charge on any atom is 0.323 e. The van der Waals surface area contributed by atoms with E-state index in [9.17, 15) is 9.90 Å². The average Bonchev–Trinajstić information content (AvgIpc) is 2.63. The fourth-order valence-corrected chi connectivity index (χ4v) is 2.20. The van der Waals surface area contributed by atoms with Gasteiger partial charge in [0.1, 0.15) is 11.6 Å². The van der Waals surface area contributed by atoms with Crippen LogP contribution in [0.1, 0.15) is 33.6 Å². The summed E-state index contributed by atoms with van der Waals surface area (Å²) < 4.78 is 10.3. The number of β-amino-alcohol motifs (C(OH)–C–C–N with tert-alkyl or cyclic N) is 1. The molecule has 0 aromatic rings. The standard InChI is InChI=1S/C13H25NO4/c1-13(2,3)18-12(16)11-6-5-7-14(11)8-10(15)9-17-4/h10-11,15H,5-9H2,1-4H3/t10?,11-/m0/s1. The Hall–Kier alpha value is -0.650. The third-order valence-electron chi connectivity index (χ3n) is 2.85. The molecule has 0 aromatic carbocycles. The van der Waals surface area contributed by atoms with E-state index in [-0.39, 0.29) is 18.6 Å². The smallest absolute Gasteiger partial charge is 0.323 e. The predicted octanol–water partition coefficient (Wildman–Crippen LogP) is 0.800. The molecule has 1 aliphatic rings. The van der Waals surface area contributed by atoms with Crippen LogP contribution in [-0.2, 0) is 14.3 Å². The molecule has 0 radical (unpaired) electrons. The lowest BCUT2D eigenvalue weighted by Crippen LogP contribution is -2.44. The number of rotatable bonds is 5. The molecule has 5 nitrogen and oxygen atoms in total. The van der Waals surface area contributed by atoms with Crippen LogP contribution in [0.15, 0.2) is 0 Å². The van der Waals surface area contributed by atoms with Gasteiger partial charge in [0, 0.05) is 13.7 Å². The van der Waals surface area contributed by atoms with Gasteiger partial charge in [-0.1, -0.05) is 0 Å². The first-order valence-corrected chi connectivity index (χ1v) is 6.47. The molecule has 0 bridgehead atoms. The Balaban J connectivity index is 2.51. The quantitative estimate of drug-likeness (QED) is 0.740. The minimum absolute atomic E-state index is 0.190. The van der Waals surface area contributed by atoms with Crippen LogP contribution in [0, 0.1) is 0 Å². The molecule has 1 aliphatic heterocycles. The number of hydrogen-bond acceptors (Lipinski definition) is 5. The van der Waals surface area contributed by atoms with Gasteiger partial charge in [-0.15, -0.1) is 0 Å². The molecule has 1 fully saturated rings. The molecule has 106 valence electrons. The average molecular weight is 259 g/mol. The summed E-state index contributed by atoms with van der Waals surface area (Å²) in [5.74, 6) is -0.190. The number of aliphatic hydroxyl groups is 1. The normalized spacial score (nSPS) is 23.1. The third-order valence-corrected chi connectivity index (χ3v) is 2.85. The molecule has 1 heterocycles. The molecule has 0 saturated carbocycles. The van der Waals surface area contributed by atoms with Crippen molar-refractivity contribution in [2.75, 3.05) is 26.8 Å². The van der Waals surface area contributed by atoms with Gasteiger partial charge in [0.2, 0.25) is 0 Å². The van der Waals surface area contributed by atoms with Crippen molar-refractivity contribution < 1.29 is 19.4 Å². The zero-order chi connectivity index (χ0) is 13.8. The number of hydrogen-bond donors (Lipinski definition) is 1. The molecule has 5 heteroatoms. The molecule has 1 N–H and O–H groups in total. The molecule has 0 spiro atoms. The fourth-order valence-electron chi connectivity index (χ4n) is 2.20. The van der Waals surface area contributed by atoms with E-state index in [1.165, 1.54) is 0 Å². The van der Waals surface area contributed by atoms with Gasteiger partial charge in [0.05, 0.1) is 12.7 Å². The van der Waals surface area contributed by atoms with E-state index < -0.39 is 11.7 Å². The monoisotopic (exact) mass is 259 g/mol. The Morgan fingerprint density at radius 3 is 2.72 bits per heavy atom. The van der Waals surface area contributed by atoms with Crippen LogP contribution in [0.25, 0.3) is 0 Å². The van der Waals surface area contributed by atoms with Crippen molar-refractivity contribution in [2.45, 2.75) is 51.4 Å². The summed E-state index contributed by atoms with van der Waals surface area (Å²) >= 11 is 0. The largest absolute Gasteiger partial charge is 0.459 e. The highest BCUT2D eigenvalue weighted by atomic mass is 16.6. The van der Waals surface area contributed by atoms with Crippen molar-refractivity contribution in [2.24, 2.45) is 0 Å². The van der Waals surface area contributed by atoms with E-state index in [0.717, 1.165) is 19.4 Å². The van der Waals surface area contributed by atoms with Gasteiger partial charge in [-0.25, -0.2) is 0 Å². The van der Waals surface area contributed by atoms with Crippen molar-refractivity contribution in [3.63, 3.8) is 0 Å². The third kappa shape index (κ3) is 4.92.